The predicted molar refractivity (Wildman–Crippen MR) is 153 cm³/mol. The molecule has 0 unspecified atom stereocenters. The average Bonchev–Trinajstić information content (AvgIpc) is 3.36. The van der Waals surface area contributed by atoms with Gasteiger partial charge in [-0.1, -0.05) is 43.3 Å². The van der Waals surface area contributed by atoms with Gasteiger partial charge in [-0.25, -0.2) is 4.68 Å². The maximum Gasteiger partial charge on any atom is 0.261 e. The Morgan fingerprint density at radius 2 is 1.67 bits per heavy atom. The molecule has 0 saturated heterocycles. The van der Waals surface area contributed by atoms with E-state index in [1.165, 1.54) is 5.56 Å². The molecular weight excluding hydrogens is 490 g/mol. The van der Waals surface area contributed by atoms with Crippen molar-refractivity contribution in [3.05, 3.63) is 113 Å². The second kappa shape index (κ2) is 10.9. The van der Waals surface area contributed by atoms with Crippen LogP contribution in [0.3, 0.4) is 0 Å². The number of anilines is 3. The fourth-order valence-corrected chi connectivity index (χ4v) is 4.75. The molecule has 3 aromatic carbocycles. The third kappa shape index (κ3) is 5.27. The molecule has 8 heteroatoms. The summed E-state index contributed by atoms with van der Waals surface area (Å²) in [6.45, 7) is 5.91. The summed E-state index contributed by atoms with van der Waals surface area (Å²) in [6, 6.07) is 22.4. The van der Waals surface area contributed by atoms with Crippen LogP contribution in [0.2, 0.25) is 0 Å². The van der Waals surface area contributed by atoms with Gasteiger partial charge in [-0.15, -0.1) is 0 Å². The van der Waals surface area contributed by atoms with Gasteiger partial charge in [-0.05, 0) is 73.4 Å². The Bertz CT molecular complexity index is 1550. The molecule has 0 spiro atoms. The van der Waals surface area contributed by atoms with Gasteiger partial charge in [-0.3, -0.25) is 9.59 Å². The molecule has 2 amide bonds. The molecule has 3 N–H and O–H groups in total. The second-order valence-electron chi connectivity index (χ2n) is 9.52. The molecule has 1 aliphatic rings. The van der Waals surface area contributed by atoms with Gasteiger partial charge in [0.25, 0.3) is 11.8 Å². The standard InChI is InChI=1S/C31H31N5O3/c1-5-21-9-11-22(12-10-21)28-27(31(38)34-23-13-15-25(39-4)16-14-23)20(3)33-29-26(18-32-36(28)29)30(37)35-24-8-6-7-19(2)17-24/h6-18,28,33H,5H2,1-4H3,(H,34,38)(H,35,37)/t28-/m1/s1. The Balaban J connectivity index is 1.52. The van der Waals surface area contributed by atoms with Crippen LogP contribution in [0.25, 0.3) is 0 Å². The van der Waals surface area contributed by atoms with Crippen molar-refractivity contribution in [1.29, 1.82) is 0 Å². The highest BCUT2D eigenvalue weighted by Gasteiger charge is 2.35. The summed E-state index contributed by atoms with van der Waals surface area (Å²) in [4.78, 5) is 27.0. The fraction of sp³-hybridized carbons (Fsp3) is 0.194. The van der Waals surface area contributed by atoms with Crippen LogP contribution in [0.1, 0.15) is 46.9 Å². The number of aryl methyl sites for hydroxylation is 2. The highest BCUT2D eigenvalue weighted by Crippen LogP contribution is 2.38. The van der Waals surface area contributed by atoms with Crippen LogP contribution in [0, 0.1) is 6.92 Å². The number of fused-ring (bicyclic) bond motifs is 1. The molecule has 5 rings (SSSR count). The normalized spacial score (nSPS) is 14.3. The van der Waals surface area contributed by atoms with Gasteiger partial charge in [0, 0.05) is 17.1 Å². The number of methoxy groups -OCH3 is 1. The predicted octanol–water partition coefficient (Wildman–Crippen LogP) is 5.94. The van der Waals surface area contributed by atoms with Gasteiger partial charge in [0.05, 0.1) is 18.9 Å². The number of carbonyl (C=O) groups is 2. The molecule has 0 aliphatic carbocycles. The Morgan fingerprint density at radius 3 is 2.33 bits per heavy atom. The van der Waals surface area contributed by atoms with Crippen LogP contribution in [0.15, 0.2) is 90.3 Å². The third-order valence-corrected chi connectivity index (χ3v) is 6.84. The van der Waals surface area contributed by atoms with E-state index in [1.807, 2.05) is 50.2 Å². The van der Waals surface area contributed by atoms with Gasteiger partial charge in [-0.2, -0.15) is 5.10 Å². The Labute approximate surface area is 227 Å². The summed E-state index contributed by atoms with van der Waals surface area (Å²) < 4.78 is 6.94. The van der Waals surface area contributed by atoms with Gasteiger partial charge in [0.15, 0.2) is 0 Å². The largest absolute Gasteiger partial charge is 0.497 e. The summed E-state index contributed by atoms with van der Waals surface area (Å²) in [5.74, 6) is 0.688. The van der Waals surface area contributed by atoms with E-state index >= 15 is 0 Å². The van der Waals surface area contributed by atoms with E-state index in [1.54, 1.807) is 42.3 Å². The third-order valence-electron chi connectivity index (χ3n) is 6.84. The number of rotatable bonds is 7. The smallest absolute Gasteiger partial charge is 0.261 e. The second-order valence-corrected chi connectivity index (χ2v) is 9.52. The number of hydrogen-bond acceptors (Lipinski definition) is 5. The molecule has 39 heavy (non-hydrogen) atoms. The Kier molecular flexibility index (Phi) is 7.19. The van der Waals surface area contributed by atoms with Gasteiger partial charge in [0.1, 0.15) is 23.2 Å². The lowest BCUT2D eigenvalue weighted by atomic mass is 9.93. The molecule has 2 heterocycles. The van der Waals surface area contributed by atoms with E-state index in [-0.39, 0.29) is 11.8 Å². The van der Waals surface area contributed by atoms with Crippen molar-refractivity contribution in [2.45, 2.75) is 33.2 Å². The first-order valence-electron chi connectivity index (χ1n) is 12.9. The van der Waals surface area contributed by atoms with E-state index in [4.69, 9.17) is 4.74 Å². The maximum atomic E-state index is 13.7. The zero-order valence-electron chi connectivity index (χ0n) is 22.4. The monoisotopic (exact) mass is 521 g/mol. The maximum absolute atomic E-state index is 13.7. The zero-order valence-corrected chi connectivity index (χ0v) is 22.4. The lowest BCUT2D eigenvalue weighted by Gasteiger charge is -2.30. The highest BCUT2D eigenvalue weighted by molar-refractivity contribution is 6.09. The number of ether oxygens (including phenoxy) is 1. The fourth-order valence-electron chi connectivity index (χ4n) is 4.75. The summed E-state index contributed by atoms with van der Waals surface area (Å²) in [6.07, 6.45) is 2.45. The quantitative estimate of drug-likeness (QED) is 0.280. The molecule has 0 bridgehead atoms. The molecule has 0 radical (unpaired) electrons. The minimum absolute atomic E-state index is 0.262. The number of carbonyl (C=O) groups excluding carboxylic acids is 2. The van der Waals surface area contributed by atoms with Crippen molar-refractivity contribution in [3.63, 3.8) is 0 Å². The SMILES string of the molecule is CCc1ccc([C@@H]2C(C(=O)Nc3ccc(OC)cc3)=C(C)Nc3c(C(=O)Nc4cccc(C)c4)cnn32)cc1. The average molecular weight is 522 g/mol. The lowest BCUT2D eigenvalue weighted by Crippen LogP contribution is -2.32. The van der Waals surface area contributed by atoms with Gasteiger partial charge in [0.2, 0.25) is 0 Å². The number of allylic oxidation sites excluding steroid dienone is 1. The minimum Gasteiger partial charge on any atom is -0.497 e. The molecule has 198 valence electrons. The number of amides is 2. The molecule has 1 atom stereocenters. The van der Waals surface area contributed by atoms with Crippen molar-refractivity contribution in [3.8, 4) is 5.75 Å². The van der Waals surface area contributed by atoms with Gasteiger partial charge >= 0.3 is 0 Å². The van der Waals surface area contributed by atoms with Crippen molar-refractivity contribution >= 4 is 29.0 Å². The molecular formula is C31H31N5O3. The summed E-state index contributed by atoms with van der Waals surface area (Å²) >= 11 is 0. The summed E-state index contributed by atoms with van der Waals surface area (Å²) in [7, 11) is 1.60. The first kappa shape index (κ1) is 25.8. The van der Waals surface area contributed by atoms with E-state index in [2.05, 4.69) is 40.1 Å². The van der Waals surface area contributed by atoms with Crippen LogP contribution in [-0.2, 0) is 11.2 Å². The van der Waals surface area contributed by atoms with Crippen LogP contribution < -0.4 is 20.7 Å². The van der Waals surface area contributed by atoms with Crippen LogP contribution in [-0.4, -0.2) is 28.7 Å². The van der Waals surface area contributed by atoms with Crippen molar-refractivity contribution in [2.75, 3.05) is 23.1 Å². The number of nitrogens with zero attached hydrogens (tertiary/aromatic N) is 2. The number of benzene rings is 3. The van der Waals surface area contributed by atoms with E-state index in [0.717, 1.165) is 17.5 Å². The van der Waals surface area contributed by atoms with Crippen molar-refractivity contribution < 1.29 is 14.3 Å². The van der Waals surface area contributed by atoms with Crippen molar-refractivity contribution in [1.82, 2.24) is 9.78 Å². The van der Waals surface area contributed by atoms with Gasteiger partial charge < -0.3 is 20.7 Å². The number of nitrogens with one attached hydrogen (secondary N) is 3. The Morgan fingerprint density at radius 1 is 0.949 bits per heavy atom. The van der Waals surface area contributed by atoms with Crippen LogP contribution in [0.5, 0.6) is 5.75 Å². The molecule has 8 nitrogen and oxygen atoms in total. The summed E-state index contributed by atoms with van der Waals surface area (Å²) in [5, 5.41) is 13.8. The van der Waals surface area contributed by atoms with E-state index in [0.29, 0.717) is 39.8 Å². The first-order chi connectivity index (χ1) is 18.9. The minimum atomic E-state index is -0.536. The molecule has 1 aliphatic heterocycles. The molecule has 0 fully saturated rings. The number of aromatic nitrogens is 2. The number of hydrogen-bond donors (Lipinski definition) is 3. The van der Waals surface area contributed by atoms with E-state index < -0.39 is 6.04 Å². The highest BCUT2D eigenvalue weighted by atomic mass is 16.5. The van der Waals surface area contributed by atoms with Crippen molar-refractivity contribution in [2.24, 2.45) is 0 Å². The molecule has 1 aromatic heterocycles. The Hall–Kier alpha value is -4.85. The van der Waals surface area contributed by atoms with Crippen LogP contribution >= 0.6 is 0 Å². The van der Waals surface area contributed by atoms with E-state index in [9.17, 15) is 9.59 Å². The zero-order chi connectivity index (χ0) is 27.5. The topological polar surface area (TPSA) is 97.3 Å². The first-order valence-corrected chi connectivity index (χ1v) is 12.9. The lowest BCUT2D eigenvalue weighted by molar-refractivity contribution is -0.113. The van der Waals surface area contributed by atoms with Crippen LogP contribution in [0.4, 0.5) is 17.2 Å². The summed E-state index contributed by atoms with van der Waals surface area (Å²) in [5.41, 5.74) is 6.02. The molecule has 4 aromatic rings. The molecule has 0 saturated carbocycles.